The molecule has 0 fully saturated rings. The van der Waals surface area contributed by atoms with Gasteiger partial charge in [0.1, 0.15) is 32.7 Å². The van der Waals surface area contributed by atoms with Crippen LogP contribution in [0.4, 0.5) is 0 Å². The van der Waals surface area contributed by atoms with Crippen LogP contribution < -0.4 is 0 Å². The number of hydrogen-bond donors (Lipinski definition) is 6. The molecule has 0 spiro atoms. The average Bonchev–Trinajstić information content (AvgIpc) is 3.49. The van der Waals surface area contributed by atoms with Crippen LogP contribution in [-0.4, -0.2) is 30.6 Å². The van der Waals surface area contributed by atoms with Crippen LogP contribution in [0.15, 0.2) is 101 Å². The minimum absolute atomic E-state index is 0.0368. The lowest BCUT2D eigenvalue weighted by Crippen LogP contribution is -1.95. The predicted molar refractivity (Wildman–Crippen MR) is 185 cm³/mol. The first kappa shape index (κ1) is 28.7. The van der Waals surface area contributed by atoms with Crippen molar-refractivity contribution in [3.63, 3.8) is 0 Å². The number of para-hydroxylation sites is 1. The van der Waals surface area contributed by atoms with Gasteiger partial charge in [-0.2, -0.15) is 0 Å². The van der Waals surface area contributed by atoms with Crippen LogP contribution in [0.3, 0.4) is 0 Å². The van der Waals surface area contributed by atoms with E-state index in [1.165, 1.54) is 0 Å². The van der Waals surface area contributed by atoms with E-state index in [-0.39, 0.29) is 32.7 Å². The first-order valence-corrected chi connectivity index (χ1v) is 15.2. The molecule has 0 bridgehead atoms. The van der Waals surface area contributed by atoms with E-state index >= 15 is 0 Å². The fourth-order valence-electron chi connectivity index (χ4n) is 6.57. The third-order valence-electron chi connectivity index (χ3n) is 8.66. The van der Waals surface area contributed by atoms with Crippen molar-refractivity contribution in [3.05, 3.63) is 107 Å². The number of benzene rings is 7. The van der Waals surface area contributed by atoms with Crippen molar-refractivity contribution in [3.8, 4) is 67.9 Å². The van der Waals surface area contributed by atoms with Gasteiger partial charge in [-0.1, -0.05) is 108 Å². The van der Waals surface area contributed by atoms with Crippen molar-refractivity contribution in [2.24, 2.45) is 0 Å². The number of hydrogen-bond acceptors (Lipinski definition) is 7. The largest absolute Gasteiger partial charge is 0.506 e. The maximum atomic E-state index is 11.6. The maximum Gasteiger partial charge on any atom is 0.181 e. The van der Waals surface area contributed by atoms with Crippen LogP contribution in [0, 0.1) is 0 Å². The lowest BCUT2D eigenvalue weighted by molar-refractivity contribution is 0.401. The number of aromatic hydroxyl groups is 6. The second-order valence-electron chi connectivity index (χ2n) is 11.2. The minimum atomic E-state index is -0.786. The van der Waals surface area contributed by atoms with Gasteiger partial charge < -0.3 is 35.1 Å². The van der Waals surface area contributed by atoms with Crippen molar-refractivity contribution in [2.45, 2.75) is 0 Å². The first-order chi connectivity index (χ1) is 22.7. The summed E-state index contributed by atoms with van der Waals surface area (Å²) < 4.78 is 6.35. The normalized spacial score (nSPS) is 11.7. The fraction of sp³-hybridized carbons (Fsp3) is 0. The molecule has 0 saturated carbocycles. The Morgan fingerprint density at radius 1 is 0.426 bits per heavy atom. The highest BCUT2D eigenvalue weighted by Gasteiger charge is 2.31. The summed E-state index contributed by atoms with van der Waals surface area (Å²) in [6.07, 6.45) is 0. The topological polar surface area (TPSA) is 135 Å². The zero-order valence-electron chi connectivity index (χ0n) is 24.1. The van der Waals surface area contributed by atoms with Gasteiger partial charge in [-0.25, -0.2) is 0 Å². The molecular weight excluding hydrogens is 639 g/mol. The maximum absolute atomic E-state index is 11.6. The molecular formula is C38H22Cl2O7. The second kappa shape index (κ2) is 10.4. The molecule has 8 rings (SSSR count). The molecule has 0 aliphatic heterocycles. The van der Waals surface area contributed by atoms with Gasteiger partial charge in [0.25, 0.3) is 0 Å². The lowest BCUT2D eigenvalue weighted by Gasteiger charge is -2.22. The summed E-state index contributed by atoms with van der Waals surface area (Å²) in [5.74, 6) is -4.10. The highest BCUT2D eigenvalue weighted by molar-refractivity contribution is 6.40. The van der Waals surface area contributed by atoms with Gasteiger partial charge in [0, 0.05) is 49.0 Å². The van der Waals surface area contributed by atoms with Gasteiger partial charge in [0.2, 0.25) is 0 Å². The molecule has 0 aliphatic rings. The number of halogens is 2. The molecule has 47 heavy (non-hydrogen) atoms. The molecule has 230 valence electrons. The van der Waals surface area contributed by atoms with Crippen molar-refractivity contribution in [2.75, 3.05) is 0 Å². The molecule has 7 aromatic carbocycles. The Bertz CT molecular complexity index is 2510. The van der Waals surface area contributed by atoms with E-state index < -0.39 is 44.5 Å². The lowest BCUT2D eigenvalue weighted by atomic mass is 9.83. The zero-order valence-corrected chi connectivity index (χ0v) is 25.6. The van der Waals surface area contributed by atoms with Gasteiger partial charge in [-0.05, 0) is 28.8 Å². The number of phenols is 6. The van der Waals surface area contributed by atoms with Crippen molar-refractivity contribution in [1.82, 2.24) is 0 Å². The summed E-state index contributed by atoms with van der Waals surface area (Å²) in [4.78, 5) is 0. The third kappa shape index (κ3) is 4.00. The standard InChI is InChI=1S/C38H22Cl2O7/c39-30-32(41)26-25(19-14-15-23-22(16-19)21-13-7-12-20(38(21)47-23)17-8-3-1-4-9-17)27-29(35(44)37(46)31(40)33(27)42)24(18-10-5-2-6-11-18)28(26)34(43)36(30)45/h1-16,41-46H. The number of furan rings is 1. The van der Waals surface area contributed by atoms with Gasteiger partial charge in [-0.3, -0.25) is 0 Å². The fourth-order valence-corrected chi connectivity index (χ4v) is 6.93. The first-order valence-electron chi connectivity index (χ1n) is 14.4. The number of fused-ring (bicyclic) bond motifs is 5. The second-order valence-corrected chi connectivity index (χ2v) is 12.0. The van der Waals surface area contributed by atoms with Crippen LogP contribution in [-0.2, 0) is 0 Å². The molecule has 0 amide bonds. The number of rotatable bonds is 3. The van der Waals surface area contributed by atoms with Crippen LogP contribution in [0.5, 0.6) is 34.5 Å². The van der Waals surface area contributed by atoms with E-state index in [1.807, 2.05) is 48.5 Å². The van der Waals surface area contributed by atoms with E-state index in [9.17, 15) is 30.6 Å². The van der Waals surface area contributed by atoms with E-state index in [2.05, 4.69) is 0 Å². The monoisotopic (exact) mass is 660 g/mol. The molecule has 0 unspecified atom stereocenters. The van der Waals surface area contributed by atoms with Crippen molar-refractivity contribution >= 4 is 66.7 Å². The van der Waals surface area contributed by atoms with Crippen LogP contribution in [0.1, 0.15) is 0 Å². The molecule has 0 aliphatic carbocycles. The van der Waals surface area contributed by atoms with Crippen LogP contribution in [0.25, 0.3) is 76.9 Å². The van der Waals surface area contributed by atoms with Gasteiger partial charge in [0.15, 0.2) is 23.0 Å². The molecule has 1 heterocycles. The molecule has 8 aromatic rings. The summed E-state index contributed by atoms with van der Waals surface area (Å²) in [5.41, 5.74) is 4.12. The van der Waals surface area contributed by atoms with E-state index in [0.29, 0.717) is 27.7 Å². The Morgan fingerprint density at radius 2 is 0.936 bits per heavy atom. The van der Waals surface area contributed by atoms with Crippen molar-refractivity contribution < 1.29 is 35.1 Å². The highest BCUT2D eigenvalue weighted by atomic mass is 35.5. The van der Waals surface area contributed by atoms with Crippen LogP contribution >= 0.6 is 23.2 Å². The average molecular weight is 661 g/mol. The Morgan fingerprint density at radius 3 is 1.51 bits per heavy atom. The van der Waals surface area contributed by atoms with Gasteiger partial charge in [0.05, 0.1) is 0 Å². The molecule has 0 saturated heterocycles. The Labute approximate surface area is 275 Å². The van der Waals surface area contributed by atoms with E-state index in [1.54, 1.807) is 48.5 Å². The summed E-state index contributed by atoms with van der Waals surface area (Å²) in [6, 6.07) is 29.4. The molecule has 0 radical (unpaired) electrons. The highest BCUT2D eigenvalue weighted by Crippen LogP contribution is 2.60. The van der Waals surface area contributed by atoms with Crippen molar-refractivity contribution in [1.29, 1.82) is 0 Å². The third-order valence-corrected chi connectivity index (χ3v) is 9.38. The zero-order chi connectivity index (χ0) is 32.7. The summed E-state index contributed by atoms with van der Waals surface area (Å²) in [7, 11) is 0. The minimum Gasteiger partial charge on any atom is -0.506 e. The molecule has 0 atom stereocenters. The molecule has 9 heteroatoms. The van der Waals surface area contributed by atoms with E-state index in [0.717, 1.165) is 16.5 Å². The smallest absolute Gasteiger partial charge is 0.181 e. The van der Waals surface area contributed by atoms with Gasteiger partial charge >= 0.3 is 0 Å². The Balaban J connectivity index is 1.59. The SMILES string of the molecule is Oc1c(Cl)c(O)c2c(-c3ccc4oc5c(-c6ccccc6)cccc5c4c3)c3c(O)c(Cl)c(O)c(O)c3c(-c3ccccc3)c2c1O. The summed E-state index contributed by atoms with van der Waals surface area (Å²) >= 11 is 12.8. The molecule has 6 N–H and O–H groups in total. The van der Waals surface area contributed by atoms with Gasteiger partial charge in [-0.15, -0.1) is 0 Å². The number of phenolic OH excluding ortho intramolecular Hbond substituents is 6. The van der Waals surface area contributed by atoms with E-state index in [4.69, 9.17) is 27.6 Å². The predicted octanol–water partition coefficient (Wildman–Crippen LogP) is 10.4. The summed E-state index contributed by atoms with van der Waals surface area (Å²) in [6.45, 7) is 0. The Hall–Kier alpha value is -5.76. The van der Waals surface area contributed by atoms with Crippen LogP contribution in [0.2, 0.25) is 10.0 Å². The molecule has 1 aromatic heterocycles. The Kier molecular flexibility index (Phi) is 6.34. The quantitative estimate of drug-likeness (QED) is 0.0630. The summed E-state index contributed by atoms with van der Waals surface area (Å²) in [5, 5.41) is 67.9. The molecule has 7 nitrogen and oxygen atoms in total.